The highest BCUT2D eigenvalue weighted by Crippen LogP contribution is 2.26. The minimum atomic E-state index is -0.885. The fourth-order valence-electron chi connectivity index (χ4n) is 0.812. The average molecular weight is 237 g/mol. The van der Waals surface area contributed by atoms with Crippen molar-refractivity contribution in [1.82, 2.24) is 0 Å². The van der Waals surface area contributed by atoms with E-state index in [1.165, 1.54) is 0 Å². The topological polar surface area (TPSA) is 49.7 Å². The van der Waals surface area contributed by atoms with Crippen LogP contribution in [0.3, 0.4) is 0 Å². The third-order valence-electron chi connectivity index (χ3n) is 1.54. The van der Waals surface area contributed by atoms with Gasteiger partial charge in [0.05, 0.1) is 16.7 Å². The largest absolute Gasteiger partial charge is 0.491 e. The van der Waals surface area contributed by atoms with E-state index in [1.54, 1.807) is 18.2 Å². The molecule has 1 unspecified atom stereocenters. The molecule has 2 N–H and O–H groups in total. The smallest absolute Gasteiger partial charge is 0.121 e. The van der Waals surface area contributed by atoms with E-state index < -0.39 is 6.10 Å². The standard InChI is InChI=1S/C9H10Cl2O3/c10-8-2-1-7(3-9(8)11)14-5-6(13)4-12/h1-3,6,12-13H,4-5H2. The molecule has 1 aromatic rings. The van der Waals surface area contributed by atoms with Gasteiger partial charge in [0, 0.05) is 6.07 Å². The summed E-state index contributed by atoms with van der Waals surface area (Å²) < 4.78 is 5.14. The van der Waals surface area contributed by atoms with Crippen LogP contribution in [0.2, 0.25) is 10.0 Å². The fraction of sp³-hybridized carbons (Fsp3) is 0.333. The molecule has 0 aliphatic rings. The van der Waals surface area contributed by atoms with Gasteiger partial charge in [-0.3, -0.25) is 0 Å². The summed E-state index contributed by atoms with van der Waals surface area (Å²) in [5.41, 5.74) is 0. The number of aliphatic hydroxyl groups is 2. The van der Waals surface area contributed by atoms with Crippen molar-refractivity contribution < 1.29 is 14.9 Å². The van der Waals surface area contributed by atoms with E-state index in [1.807, 2.05) is 0 Å². The van der Waals surface area contributed by atoms with Crippen LogP contribution in [-0.4, -0.2) is 29.5 Å². The molecule has 0 fully saturated rings. The quantitative estimate of drug-likeness (QED) is 0.838. The van der Waals surface area contributed by atoms with E-state index in [9.17, 15) is 0 Å². The van der Waals surface area contributed by atoms with Gasteiger partial charge >= 0.3 is 0 Å². The first-order valence-electron chi connectivity index (χ1n) is 4.00. The molecule has 0 heterocycles. The first kappa shape index (κ1) is 11.6. The zero-order valence-electron chi connectivity index (χ0n) is 7.28. The summed E-state index contributed by atoms with van der Waals surface area (Å²) in [5.74, 6) is 0.506. The van der Waals surface area contributed by atoms with Crippen molar-refractivity contribution >= 4 is 23.2 Å². The Bertz CT molecular complexity index is 304. The lowest BCUT2D eigenvalue weighted by atomic mass is 10.3. The predicted octanol–water partition coefficient (Wildman–Crippen LogP) is 1.73. The molecule has 5 heteroatoms. The fourth-order valence-corrected chi connectivity index (χ4v) is 1.10. The zero-order valence-corrected chi connectivity index (χ0v) is 8.79. The Morgan fingerprint density at radius 1 is 1.29 bits per heavy atom. The second kappa shape index (κ2) is 5.41. The van der Waals surface area contributed by atoms with Crippen LogP contribution in [0.1, 0.15) is 0 Å². The number of halogens is 2. The van der Waals surface area contributed by atoms with Crippen molar-refractivity contribution in [3.05, 3.63) is 28.2 Å². The molecule has 0 radical (unpaired) electrons. The van der Waals surface area contributed by atoms with Crippen LogP contribution >= 0.6 is 23.2 Å². The summed E-state index contributed by atoms with van der Waals surface area (Å²) in [6.45, 7) is -0.310. The second-order valence-corrected chi connectivity index (χ2v) is 3.54. The van der Waals surface area contributed by atoms with E-state index in [2.05, 4.69) is 0 Å². The first-order valence-corrected chi connectivity index (χ1v) is 4.76. The molecule has 1 aromatic carbocycles. The molecular formula is C9H10Cl2O3. The van der Waals surface area contributed by atoms with Crippen LogP contribution in [0, 0.1) is 0 Å². The molecule has 0 aliphatic heterocycles. The molecule has 14 heavy (non-hydrogen) atoms. The van der Waals surface area contributed by atoms with Crippen molar-refractivity contribution in [2.45, 2.75) is 6.10 Å². The van der Waals surface area contributed by atoms with Crippen LogP contribution in [0.5, 0.6) is 5.75 Å². The van der Waals surface area contributed by atoms with E-state index in [-0.39, 0.29) is 13.2 Å². The lowest BCUT2D eigenvalue weighted by Crippen LogP contribution is -2.21. The number of hydrogen-bond donors (Lipinski definition) is 2. The maximum Gasteiger partial charge on any atom is 0.121 e. The van der Waals surface area contributed by atoms with Gasteiger partial charge in [-0.1, -0.05) is 23.2 Å². The van der Waals surface area contributed by atoms with Crippen molar-refractivity contribution in [2.24, 2.45) is 0 Å². The maximum absolute atomic E-state index is 9.01. The molecule has 1 rings (SSSR count). The first-order chi connectivity index (χ1) is 6.63. The molecule has 0 spiro atoms. The third-order valence-corrected chi connectivity index (χ3v) is 2.28. The van der Waals surface area contributed by atoms with Crippen molar-refractivity contribution in [1.29, 1.82) is 0 Å². The van der Waals surface area contributed by atoms with Gasteiger partial charge in [-0.05, 0) is 12.1 Å². The minimum Gasteiger partial charge on any atom is -0.491 e. The number of benzene rings is 1. The summed E-state index contributed by atoms with van der Waals surface area (Å²) in [5, 5.41) is 18.4. The van der Waals surface area contributed by atoms with Gasteiger partial charge in [0.25, 0.3) is 0 Å². The van der Waals surface area contributed by atoms with Crippen LogP contribution in [0.15, 0.2) is 18.2 Å². The summed E-state index contributed by atoms with van der Waals surface area (Å²) in [7, 11) is 0. The molecule has 0 aliphatic carbocycles. The predicted molar refractivity (Wildman–Crippen MR) is 55.0 cm³/mol. The average Bonchev–Trinajstić information content (AvgIpc) is 2.19. The van der Waals surface area contributed by atoms with Gasteiger partial charge in [-0.15, -0.1) is 0 Å². The molecule has 0 aromatic heterocycles. The number of aliphatic hydroxyl groups excluding tert-OH is 2. The maximum atomic E-state index is 9.01. The van der Waals surface area contributed by atoms with Crippen molar-refractivity contribution in [3.8, 4) is 5.75 Å². The Morgan fingerprint density at radius 2 is 2.00 bits per heavy atom. The summed E-state index contributed by atoms with van der Waals surface area (Å²) in [4.78, 5) is 0. The lowest BCUT2D eigenvalue weighted by molar-refractivity contribution is 0.0536. The molecule has 3 nitrogen and oxygen atoms in total. The lowest BCUT2D eigenvalue weighted by Gasteiger charge is -2.10. The second-order valence-electron chi connectivity index (χ2n) is 2.72. The summed E-state index contributed by atoms with van der Waals surface area (Å²) >= 11 is 11.4. The molecular weight excluding hydrogens is 227 g/mol. The SMILES string of the molecule is OCC(O)COc1ccc(Cl)c(Cl)c1. The molecule has 1 atom stereocenters. The Morgan fingerprint density at radius 3 is 2.57 bits per heavy atom. The van der Waals surface area contributed by atoms with Gasteiger partial charge in [0.1, 0.15) is 18.5 Å². The monoisotopic (exact) mass is 236 g/mol. The number of rotatable bonds is 4. The highest BCUT2D eigenvalue weighted by molar-refractivity contribution is 6.42. The summed E-state index contributed by atoms with van der Waals surface area (Å²) in [6.07, 6.45) is -0.885. The minimum absolute atomic E-state index is 0.0223. The highest BCUT2D eigenvalue weighted by Gasteiger charge is 2.04. The highest BCUT2D eigenvalue weighted by atomic mass is 35.5. The van der Waals surface area contributed by atoms with Crippen molar-refractivity contribution in [3.63, 3.8) is 0 Å². The number of hydrogen-bond acceptors (Lipinski definition) is 3. The molecule has 78 valence electrons. The summed E-state index contributed by atoms with van der Waals surface area (Å²) in [6, 6.07) is 4.79. The van der Waals surface area contributed by atoms with E-state index in [4.69, 9.17) is 38.2 Å². The van der Waals surface area contributed by atoms with Gasteiger partial charge in [0.15, 0.2) is 0 Å². The van der Waals surface area contributed by atoms with E-state index >= 15 is 0 Å². The zero-order chi connectivity index (χ0) is 10.6. The molecule has 0 saturated heterocycles. The van der Waals surface area contributed by atoms with Crippen molar-refractivity contribution in [2.75, 3.05) is 13.2 Å². The Hall–Kier alpha value is -0.480. The molecule has 0 amide bonds. The third kappa shape index (κ3) is 3.35. The van der Waals surface area contributed by atoms with Crippen LogP contribution < -0.4 is 4.74 Å². The van der Waals surface area contributed by atoms with Crippen LogP contribution in [0.25, 0.3) is 0 Å². The van der Waals surface area contributed by atoms with Gasteiger partial charge in [-0.2, -0.15) is 0 Å². The Labute approximate surface area is 91.8 Å². The van der Waals surface area contributed by atoms with Crippen LogP contribution in [-0.2, 0) is 0 Å². The van der Waals surface area contributed by atoms with Gasteiger partial charge in [0.2, 0.25) is 0 Å². The Kier molecular flexibility index (Phi) is 4.48. The van der Waals surface area contributed by atoms with Gasteiger partial charge < -0.3 is 14.9 Å². The van der Waals surface area contributed by atoms with Crippen LogP contribution in [0.4, 0.5) is 0 Å². The number of ether oxygens (including phenoxy) is 1. The van der Waals surface area contributed by atoms with E-state index in [0.29, 0.717) is 15.8 Å². The molecule has 0 bridgehead atoms. The van der Waals surface area contributed by atoms with E-state index in [0.717, 1.165) is 0 Å². The normalized spacial score (nSPS) is 12.6. The molecule has 0 saturated carbocycles. The van der Waals surface area contributed by atoms with Gasteiger partial charge in [-0.25, -0.2) is 0 Å². The Balaban J connectivity index is 2.55.